The average Bonchev–Trinajstić information content (AvgIpc) is 2.56. The minimum Gasteiger partial charge on any atom is -0.393 e. The lowest BCUT2D eigenvalue weighted by atomic mass is 10.2. The SMILES string of the molecule is NNc1ncnc(N2CCN(c3ccccc3F)CC2)c1N. The first kappa shape index (κ1) is 14.3. The van der Waals surface area contributed by atoms with E-state index in [1.807, 2.05) is 11.0 Å². The Bertz CT molecular complexity index is 655. The molecule has 1 fully saturated rings. The van der Waals surface area contributed by atoms with Crippen molar-refractivity contribution >= 4 is 23.0 Å². The van der Waals surface area contributed by atoms with Gasteiger partial charge in [0.2, 0.25) is 0 Å². The number of nitrogens with zero attached hydrogens (tertiary/aromatic N) is 4. The van der Waals surface area contributed by atoms with Gasteiger partial charge in [-0.25, -0.2) is 20.2 Å². The molecule has 0 spiro atoms. The zero-order chi connectivity index (χ0) is 15.5. The van der Waals surface area contributed by atoms with Crippen molar-refractivity contribution in [3.05, 3.63) is 36.4 Å². The fourth-order valence-electron chi connectivity index (χ4n) is 2.62. The summed E-state index contributed by atoms with van der Waals surface area (Å²) in [6.45, 7) is 2.77. The minimum absolute atomic E-state index is 0.202. The second-order valence-electron chi connectivity index (χ2n) is 5.03. The zero-order valence-corrected chi connectivity index (χ0v) is 12.0. The van der Waals surface area contributed by atoms with Crippen LogP contribution in [0.2, 0.25) is 0 Å². The Kier molecular flexibility index (Phi) is 3.92. The molecule has 116 valence electrons. The topological polar surface area (TPSA) is 96.3 Å². The Morgan fingerprint density at radius 2 is 1.73 bits per heavy atom. The Balaban J connectivity index is 1.74. The first-order valence-electron chi connectivity index (χ1n) is 7.02. The summed E-state index contributed by atoms with van der Waals surface area (Å²) in [6, 6.07) is 6.80. The quantitative estimate of drug-likeness (QED) is 0.570. The van der Waals surface area contributed by atoms with Crippen LogP contribution in [0.25, 0.3) is 0 Å². The molecule has 0 unspecified atom stereocenters. The number of rotatable bonds is 3. The molecular formula is C14H18FN7. The average molecular weight is 303 g/mol. The number of nitrogens with one attached hydrogen (secondary N) is 1. The lowest BCUT2D eigenvalue weighted by Gasteiger charge is -2.37. The van der Waals surface area contributed by atoms with E-state index < -0.39 is 0 Å². The van der Waals surface area contributed by atoms with Crippen LogP contribution >= 0.6 is 0 Å². The number of hydrogen-bond acceptors (Lipinski definition) is 7. The summed E-state index contributed by atoms with van der Waals surface area (Å²) >= 11 is 0. The van der Waals surface area contributed by atoms with Crippen LogP contribution < -0.4 is 26.8 Å². The highest BCUT2D eigenvalue weighted by atomic mass is 19.1. The van der Waals surface area contributed by atoms with Crippen molar-refractivity contribution in [2.24, 2.45) is 5.84 Å². The maximum atomic E-state index is 13.8. The molecular weight excluding hydrogens is 285 g/mol. The highest BCUT2D eigenvalue weighted by Crippen LogP contribution is 2.27. The van der Waals surface area contributed by atoms with Gasteiger partial charge in [-0.05, 0) is 12.1 Å². The molecule has 1 aromatic carbocycles. The van der Waals surface area contributed by atoms with Crippen molar-refractivity contribution in [1.29, 1.82) is 0 Å². The van der Waals surface area contributed by atoms with Crippen LogP contribution in [0.3, 0.4) is 0 Å². The molecule has 0 bridgehead atoms. The molecule has 0 radical (unpaired) electrons. The van der Waals surface area contributed by atoms with Gasteiger partial charge in [-0.2, -0.15) is 0 Å². The molecule has 3 rings (SSSR count). The third-order valence-corrected chi connectivity index (χ3v) is 3.77. The molecule has 0 atom stereocenters. The maximum Gasteiger partial charge on any atom is 0.168 e. The number of halogens is 1. The molecule has 8 heteroatoms. The van der Waals surface area contributed by atoms with E-state index in [2.05, 4.69) is 20.3 Å². The van der Waals surface area contributed by atoms with Gasteiger partial charge in [0.05, 0.1) is 5.69 Å². The largest absolute Gasteiger partial charge is 0.393 e. The Morgan fingerprint density at radius 1 is 1.05 bits per heavy atom. The Labute approximate surface area is 127 Å². The van der Waals surface area contributed by atoms with Crippen LogP contribution in [0, 0.1) is 5.82 Å². The number of anilines is 4. The number of hydrogen-bond donors (Lipinski definition) is 3. The van der Waals surface area contributed by atoms with Crippen molar-refractivity contribution in [3.8, 4) is 0 Å². The Hall–Kier alpha value is -2.61. The summed E-state index contributed by atoms with van der Waals surface area (Å²) in [6.07, 6.45) is 1.42. The second-order valence-corrected chi connectivity index (χ2v) is 5.03. The number of nitrogen functional groups attached to an aromatic ring is 2. The van der Waals surface area contributed by atoms with E-state index in [1.54, 1.807) is 12.1 Å². The monoisotopic (exact) mass is 303 g/mol. The number of para-hydroxylation sites is 1. The maximum absolute atomic E-state index is 13.8. The van der Waals surface area contributed by atoms with Gasteiger partial charge in [0.25, 0.3) is 0 Å². The van der Waals surface area contributed by atoms with Crippen molar-refractivity contribution in [2.75, 3.05) is 47.1 Å². The fraction of sp³-hybridized carbons (Fsp3) is 0.286. The van der Waals surface area contributed by atoms with Gasteiger partial charge in [-0.1, -0.05) is 12.1 Å². The lowest BCUT2D eigenvalue weighted by molar-refractivity contribution is 0.596. The first-order valence-corrected chi connectivity index (χ1v) is 7.02. The van der Waals surface area contributed by atoms with E-state index in [-0.39, 0.29) is 5.82 Å². The standard InChI is InChI=1S/C14H18FN7/c15-10-3-1-2-4-11(10)21-5-7-22(8-6-21)14-12(16)13(20-17)18-9-19-14/h1-4,9H,5-8,16-17H2,(H,18,19,20). The molecule has 5 N–H and O–H groups in total. The summed E-state index contributed by atoms with van der Waals surface area (Å²) < 4.78 is 13.8. The summed E-state index contributed by atoms with van der Waals surface area (Å²) in [7, 11) is 0. The molecule has 1 aliphatic heterocycles. The summed E-state index contributed by atoms with van der Waals surface area (Å²) in [5, 5.41) is 0. The predicted octanol–water partition coefficient (Wildman–Crippen LogP) is 0.810. The normalized spacial score (nSPS) is 15.0. The first-order chi connectivity index (χ1) is 10.7. The highest BCUT2D eigenvalue weighted by molar-refractivity contribution is 5.74. The molecule has 1 aliphatic rings. The molecule has 1 aromatic heterocycles. The number of nitrogens with two attached hydrogens (primary N) is 2. The third-order valence-electron chi connectivity index (χ3n) is 3.77. The lowest BCUT2D eigenvalue weighted by Crippen LogP contribution is -2.47. The molecule has 1 saturated heterocycles. The zero-order valence-electron chi connectivity index (χ0n) is 12.0. The number of benzene rings is 1. The molecule has 7 nitrogen and oxygen atoms in total. The third kappa shape index (κ3) is 2.60. The van der Waals surface area contributed by atoms with Gasteiger partial charge < -0.3 is 21.0 Å². The molecule has 0 amide bonds. The van der Waals surface area contributed by atoms with Crippen LogP contribution in [-0.4, -0.2) is 36.1 Å². The summed E-state index contributed by atoms with van der Waals surface area (Å²) in [5.41, 5.74) is 9.51. The number of piperazine rings is 1. The van der Waals surface area contributed by atoms with Crippen LogP contribution in [0.15, 0.2) is 30.6 Å². The smallest absolute Gasteiger partial charge is 0.168 e. The van der Waals surface area contributed by atoms with Crippen LogP contribution in [0.5, 0.6) is 0 Å². The fourth-order valence-corrected chi connectivity index (χ4v) is 2.62. The highest BCUT2D eigenvalue weighted by Gasteiger charge is 2.22. The van der Waals surface area contributed by atoms with Gasteiger partial charge >= 0.3 is 0 Å². The van der Waals surface area contributed by atoms with E-state index >= 15 is 0 Å². The molecule has 0 aliphatic carbocycles. The van der Waals surface area contributed by atoms with E-state index in [0.717, 1.165) is 0 Å². The molecule has 2 aromatic rings. The van der Waals surface area contributed by atoms with Crippen LogP contribution in [0.4, 0.5) is 27.4 Å². The van der Waals surface area contributed by atoms with E-state index in [9.17, 15) is 4.39 Å². The van der Waals surface area contributed by atoms with Gasteiger partial charge in [0.15, 0.2) is 11.6 Å². The molecule has 2 heterocycles. The van der Waals surface area contributed by atoms with E-state index in [4.69, 9.17) is 11.6 Å². The van der Waals surface area contributed by atoms with Crippen LogP contribution in [-0.2, 0) is 0 Å². The van der Waals surface area contributed by atoms with Crippen LogP contribution in [0.1, 0.15) is 0 Å². The van der Waals surface area contributed by atoms with E-state index in [0.29, 0.717) is 49.2 Å². The molecule has 0 saturated carbocycles. The van der Waals surface area contributed by atoms with Gasteiger partial charge in [0.1, 0.15) is 17.8 Å². The summed E-state index contributed by atoms with van der Waals surface area (Å²) in [4.78, 5) is 12.3. The van der Waals surface area contributed by atoms with Crippen molar-refractivity contribution in [3.63, 3.8) is 0 Å². The van der Waals surface area contributed by atoms with E-state index in [1.165, 1.54) is 12.4 Å². The van der Waals surface area contributed by atoms with Gasteiger partial charge in [0, 0.05) is 26.2 Å². The second kappa shape index (κ2) is 6.02. The van der Waals surface area contributed by atoms with Gasteiger partial charge in [-0.15, -0.1) is 0 Å². The van der Waals surface area contributed by atoms with Crippen molar-refractivity contribution in [2.45, 2.75) is 0 Å². The predicted molar refractivity (Wildman–Crippen MR) is 85.1 cm³/mol. The molecule has 22 heavy (non-hydrogen) atoms. The van der Waals surface area contributed by atoms with Gasteiger partial charge in [-0.3, -0.25) is 0 Å². The number of hydrazine groups is 1. The number of aromatic nitrogens is 2. The van der Waals surface area contributed by atoms with Crippen molar-refractivity contribution in [1.82, 2.24) is 9.97 Å². The Morgan fingerprint density at radius 3 is 2.41 bits per heavy atom. The minimum atomic E-state index is -0.202. The van der Waals surface area contributed by atoms with Crippen molar-refractivity contribution < 1.29 is 4.39 Å². The summed E-state index contributed by atoms with van der Waals surface area (Å²) in [5.74, 6) is 6.23.